The minimum Gasteiger partial charge on any atom is -0.504 e. The lowest BCUT2D eigenvalue weighted by molar-refractivity contribution is 0.0228. The van der Waals surface area contributed by atoms with Crippen molar-refractivity contribution in [1.29, 1.82) is 0 Å². The number of aromatic hydroxyl groups is 1. The van der Waals surface area contributed by atoms with Gasteiger partial charge in [0.1, 0.15) is 6.10 Å². The lowest BCUT2D eigenvalue weighted by atomic mass is 10.0. The van der Waals surface area contributed by atoms with Gasteiger partial charge in [0.25, 0.3) is 0 Å². The van der Waals surface area contributed by atoms with Crippen LogP contribution in [0.1, 0.15) is 11.7 Å². The third kappa shape index (κ3) is 3.27. The molecule has 0 spiro atoms. The first-order valence-corrected chi connectivity index (χ1v) is 5.74. The fraction of sp³-hybridized carbons (Fsp3) is 0.400. The zero-order valence-electron chi connectivity index (χ0n) is 9.49. The Bertz CT molecular complexity index is 476. The van der Waals surface area contributed by atoms with Crippen molar-refractivity contribution >= 4 is 15.9 Å². The standard InChI is InChI=1S/C10H12BrN3O4/c1-18-8-3-5(11)2-6(10(8)17)9(16)7(15)4-13-14-12/h2-3,7,9,15-17H,4H2,1H3. The van der Waals surface area contributed by atoms with Crippen LogP contribution in [0.3, 0.4) is 0 Å². The molecular weight excluding hydrogens is 306 g/mol. The van der Waals surface area contributed by atoms with Gasteiger partial charge in [0.15, 0.2) is 11.5 Å². The van der Waals surface area contributed by atoms with Crippen molar-refractivity contribution in [2.75, 3.05) is 13.7 Å². The second-order valence-electron chi connectivity index (χ2n) is 3.47. The van der Waals surface area contributed by atoms with Crippen molar-refractivity contribution < 1.29 is 20.1 Å². The second kappa shape index (κ2) is 6.46. The van der Waals surface area contributed by atoms with Crippen LogP contribution in [0.5, 0.6) is 11.5 Å². The van der Waals surface area contributed by atoms with E-state index in [1.54, 1.807) is 0 Å². The molecule has 0 aliphatic carbocycles. The molecule has 1 rings (SSSR count). The van der Waals surface area contributed by atoms with Crippen molar-refractivity contribution in [3.05, 3.63) is 32.6 Å². The van der Waals surface area contributed by atoms with Crippen LogP contribution in [0.15, 0.2) is 21.7 Å². The van der Waals surface area contributed by atoms with E-state index >= 15 is 0 Å². The summed E-state index contributed by atoms with van der Waals surface area (Å²) >= 11 is 3.19. The highest BCUT2D eigenvalue weighted by atomic mass is 79.9. The van der Waals surface area contributed by atoms with Crippen LogP contribution in [0.4, 0.5) is 0 Å². The van der Waals surface area contributed by atoms with Gasteiger partial charge < -0.3 is 20.1 Å². The molecule has 98 valence electrons. The summed E-state index contributed by atoms with van der Waals surface area (Å²) in [5.74, 6) is -0.109. The summed E-state index contributed by atoms with van der Waals surface area (Å²) in [5, 5.41) is 32.5. The molecule has 8 heteroatoms. The van der Waals surface area contributed by atoms with Crippen molar-refractivity contribution in [1.82, 2.24) is 0 Å². The molecule has 0 fully saturated rings. The van der Waals surface area contributed by atoms with E-state index in [2.05, 4.69) is 26.0 Å². The van der Waals surface area contributed by atoms with E-state index in [0.29, 0.717) is 4.47 Å². The molecule has 2 atom stereocenters. The summed E-state index contributed by atoms with van der Waals surface area (Å²) < 4.78 is 5.49. The number of aliphatic hydroxyl groups is 2. The number of methoxy groups -OCH3 is 1. The van der Waals surface area contributed by atoms with Crippen LogP contribution in [0.2, 0.25) is 0 Å². The average molecular weight is 318 g/mol. The lowest BCUT2D eigenvalue weighted by Crippen LogP contribution is -2.21. The maximum atomic E-state index is 9.87. The number of phenols is 1. The number of ether oxygens (including phenoxy) is 1. The zero-order chi connectivity index (χ0) is 13.7. The molecule has 1 aromatic carbocycles. The molecule has 0 heterocycles. The zero-order valence-corrected chi connectivity index (χ0v) is 11.1. The van der Waals surface area contributed by atoms with Gasteiger partial charge in [-0.15, -0.1) is 0 Å². The number of hydrogen-bond acceptors (Lipinski definition) is 5. The summed E-state index contributed by atoms with van der Waals surface area (Å²) in [6.45, 7) is -0.300. The molecule has 7 nitrogen and oxygen atoms in total. The number of azide groups is 1. The number of rotatable bonds is 5. The number of benzene rings is 1. The molecule has 0 saturated carbocycles. The molecule has 1 aromatic rings. The van der Waals surface area contributed by atoms with Gasteiger partial charge in [0, 0.05) is 14.9 Å². The maximum absolute atomic E-state index is 9.87. The quantitative estimate of drug-likeness (QED) is 0.436. The van der Waals surface area contributed by atoms with Crippen LogP contribution in [-0.4, -0.2) is 35.1 Å². The fourth-order valence-corrected chi connectivity index (χ4v) is 1.86. The van der Waals surface area contributed by atoms with Gasteiger partial charge in [-0.3, -0.25) is 0 Å². The molecule has 0 aliphatic rings. The van der Waals surface area contributed by atoms with Gasteiger partial charge in [0.05, 0.1) is 19.8 Å². The minimum atomic E-state index is -1.39. The Morgan fingerprint density at radius 3 is 2.72 bits per heavy atom. The summed E-state index contributed by atoms with van der Waals surface area (Å²) in [4.78, 5) is 2.48. The van der Waals surface area contributed by atoms with E-state index in [0.717, 1.165) is 0 Å². The Morgan fingerprint density at radius 2 is 2.17 bits per heavy atom. The van der Waals surface area contributed by atoms with Crippen LogP contribution in [0, 0.1) is 0 Å². The summed E-state index contributed by atoms with van der Waals surface area (Å²) in [5.41, 5.74) is 8.22. The van der Waals surface area contributed by atoms with Crippen LogP contribution in [0.25, 0.3) is 10.4 Å². The summed E-state index contributed by atoms with van der Waals surface area (Å²) in [6.07, 6.45) is -2.70. The Hall–Kier alpha value is -1.47. The normalized spacial score (nSPS) is 13.6. The third-order valence-corrected chi connectivity index (χ3v) is 2.76. The molecule has 3 N–H and O–H groups in total. The number of nitrogens with zero attached hydrogens (tertiary/aromatic N) is 3. The van der Waals surface area contributed by atoms with Crippen molar-refractivity contribution in [2.45, 2.75) is 12.2 Å². The molecular formula is C10H12BrN3O4. The van der Waals surface area contributed by atoms with Gasteiger partial charge >= 0.3 is 0 Å². The van der Waals surface area contributed by atoms with Gasteiger partial charge in [-0.2, -0.15) is 0 Å². The highest BCUT2D eigenvalue weighted by Crippen LogP contribution is 2.37. The van der Waals surface area contributed by atoms with Crippen LogP contribution in [-0.2, 0) is 0 Å². The molecule has 0 saturated heterocycles. The molecule has 0 aliphatic heterocycles. The number of hydrogen-bond donors (Lipinski definition) is 3. The minimum absolute atomic E-state index is 0.0851. The predicted molar refractivity (Wildman–Crippen MR) is 67.3 cm³/mol. The highest BCUT2D eigenvalue weighted by molar-refractivity contribution is 9.10. The van der Waals surface area contributed by atoms with E-state index in [-0.39, 0.29) is 23.6 Å². The Morgan fingerprint density at radius 1 is 1.50 bits per heavy atom. The largest absolute Gasteiger partial charge is 0.504 e. The fourth-order valence-electron chi connectivity index (χ4n) is 1.40. The van der Waals surface area contributed by atoms with E-state index in [4.69, 9.17) is 10.3 Å². The first-order valence-electron chi connectivity index (χ1n) is 4.94. The van der Waals surface area contributed by atoms with Crippen molar-refractivity contribution in [3.8, 4) is 11.5 Å². The van der Waals surface area contributed by atoms with Crippen LogP contribution >= 0.6 is 15.9 Å². The first-order chi connectivity index (χ1) is 8.51. The van der Waals surface area contributed by atoms with E-state index in [9.17, 15) is 15.3 Å². The maximum Gasteiger partial charge on any atom is 0.163 e. The molecule has 0 radical (unpaired) electrons. The molecule has 0 bridgehead atoms. The Balaban J connectivity index is 3.08. The topological polar surface area (TPSA) is 119 Å². The predicted octanol–water partition coefficient (Wildman–Crippen LogP) is 1.87. The molecule has 0 amide bonds. The van der Waals surface area contributed by atoms with E-state index in [1.807, 2.05) is 0 Å². The second-order valence-corrected chi connectivity index (χ2v) is 4.39. The number of aliphatic hydroxyl groups excluding tert-OH is 2. The monoisotopic (exact) mass is 317 g/mol. The average Bonchev–Trinajstić information content (AvgIpc) is 2.37. The van der Waals surface area contributed by atoms with Gasteiger partial charge in [0.2, 0.25) is 0 Å². The van der Waals surface area contributed by atoms with E-state index in [1.165, 1.54) is 19.2 Å². The first kappa shape index (κ1) is 14.6. The Kier molecular flexibility index (Phi) is 5.24. The van der Waals surface area contributed by atoms with Gasteiger partial charge in [-0.25, -0.2) is 0 Å². The van der Waals surface area contributed by atoms with Crippen molar-refractivity contribution in [2.24, 2.45) is 5.11 Å². The molecule has 2 unspecified atom stereocenters. The number of halogens is 1. The smallest absolute Gasteiger partial charge is 0.163 e. The van der Waals surface area contributed by atoms with Crippen molar-refractivity contribution in [3.63, 3.8) is 0 Å². The third-order valence-electron chi connectivity index (χ3n) is 2.30. The van der Waals surface area contributed by atoms with Gasteiger partial charge in [-0.05, 0) is 17.7 Å². The SMILES string of the molecule is COc1cc(Br)cc(C(O)C(O)CN=[N+]=[N-])c1O. The lowest BCUT2D eigenvalue weighted by Gasteiger charge is -2.19. The molecule has 18 heavy (non-hydrogen) atoms. The summed E-state index contributed by atoms with van der Waals surface area (Å²) in [7, 11) is 1.37. The highest BCUT2D eigenvalue weighted by Gasteiger charge is 2.23. The Labute approximate surface area is 111 Å². The number of phenolic OH excluding ortho intramolecular Hbond substituents is 1. The summed E-state index contributed by atoms with van der Waals surface area (Å²) in [6, 6.07) is 2.97. The van der Waals surface area contributed by atoms with E-state index < -0.39 is 12.2 Å². The van der Waals surface area contributed by atoms with Gasteiger partial charge in [-0.1, -0.05) is 21.0 Å². The molecule has 0 aromatic heterocycles. The van der Waals surface area contributed by atoms with Crippen LogP contribution < -0.4 is 4.74 Å².